The molecular formula is C6H13NO2. The molecule has 1 aliphatic rings. The van der Waals surface area contributed by atoms with Crippen LogP contribution in [-0.2, 0) is 4.74 Å². The molecule has 1 aliphatic heterocycles. The van der Waals surface area contributed by atoms with Crippen LogP contribution in [0.1, 0.15) is 12.8 Å². The van der Waals surface area contributed by atoms with Crippen LogP contribution in [0.2, 0.25) is 0 Å². The predicted octanol–water partition coefficient (Wildman–Crippen LogP) is -0.515. The lowest BCUT2D eigenvalue weighted by molar-refractivity contribution is -0.0237. The molecule has 1 rings (SSSR count). The summed E-state index contributed by atoms with van der Waals surface area (Å²) in [6.45, 7) is 0.806. The molecule has 3 heteroatoms. The molecule has 3 N–H and O–H groups in total. The highest BCUT2D eigenvalue weighted by Gasteiger charge is 2.17. The molecule has 0 radical (unpaired) electrons. The van der Waals surface area contributed by atoms with Crippen molar-refractivity contribution in [2.24, 2.45) is 5.73 Å². The van der Waals surface area contributed by atoms with Crippen LogP contribution in [0.3, 0.4) is 0 Å². The number of aliphatic hydroxyl groups excluding tert-OH is 1. The van der Waals surface area contributed by atoms with Gasteiger partial charge in [-0.25, -0.2) is 0 Å². The molecule has 0 amide bonds. The average Bonchev–Trinajstić information content (AvgIpc) is 1.88. The van der Waals surface area contributed by atoms with Crippen LogP contribution in [0.5, 0.6) is 0 Å². The number of aliphatic hydroxyl groups is 1. The molecule has 0 aromatic heterocycles. The maximum absolute atomic E-state index is 8.63. The van der Waals surface area contributed by atoms with Crippen LogP contribution in [0.15, 0.2) is 0 Å². The van der Waals surface area contributed by atoms with E-state index in [1.165, 1.54) is 0 Å². The molecule has 2 atom stereocenters. The normalized spacial score (nSPS) is 36.7. The van der Waals surface area contributed by atoms with Gasteiger partial charge in [-0.2, -0.15) is 0 Å². The summed E-state index contributed by atoms with van der Waals surface area (Å²) in [5.74, 6) is 0. The summed E-state index contributed by atoms with van der Waals surface area (Å²) < 4.78 is 5.17. The second-order valence-corrected chi connectivity index (χ2v) is 2.46. The summed E-state index contributed by atoms with van der Waals surface area (Å²) in [5, 5.41) is 8.63. The van der Waals surface area contributed by atoms with Crippen LogP contribution < -0.4 is 5.73 Å². The van der Waals surface area contributed by atoms with E-state index in [9.17, 15) is 0 Å². The summed E-state index contributed by atoms with van der Waals surface area (Å²) in [6.07, 6.45) is 1.72. The highest BCUT2D eigenvalue weighted by atomic mass is 16.5. The van der Waals surface area contributed by atoms with Crippen LogP contribution in [0.4, 0.5) is 0 Å². The van der Waals surface area contributed by atoms with Crippen LogP contribution in [0, 0.1) is 0 Å². The molecule has 54 valence electrons. The molecule has 0 aliphatic carbocycles. The van der Waals surface area contributed by atoms with E-state index >= 15 is 0 Å². The Balaban J connectivity index is 2.23. The van der Waals surface area contributed by atoms with Gasteiger partial charge in [0.2, 0.25) is 0 Å². The van der Waals surface area contributed by atoms with E-state index < -0.39 is 0 Å². The van der Waals surface area contributed by atoms with Crippen molar-refractivity contribution in [2.45, 2.75) is 25.0 Å². The van der Waals surface area contributed by atoms with Gasteiger partial charge < -0.3 is 15.6 Å². The molecule has 3 nitrogen and oxygen atoms in total. The van der Waals surface area contributed by atoms with Gasteiger partial charge in [0.05, 0.1) is 12.7 Å². The average molecular weight is 131 g/mol. The summed E-state index contributed by atoms with van der Waals surface area (Å²) in [5.41, 5.74) is 5.61. The first-order chi connectivity index (χ1) is 4.33. The first-order valence-corrected chi connectivity index (χ1v) is 3.31. The minimum Gasteiger partial charge on any atom is -0.394 e. The second kappa shape index (κ2) is 3.15. The monoisotopic (exact) mass is 131 g/mol. The van der Waals surface area contributed by atoms with Crippen molar-refractivity contribution >= 4 is 0 Å². The highest BCUT2D eigenvalue weighted by Crippen LogP contribution is 2.10. The minimum atomic E-state index is -0.00579. The first kappa shape index (κ1) is 6.99. The Morgan fingerprint density at radius 2 is 2.44 bits per heavy atom. The summed E-state index contributed by atoms with van der Waals surface area (Å²) >= 11 is 0. The second-order valence-electron chi connectivity index (χ2n) is 2.46. The van der Waals surface area contributed by atoms with Gasteiger partial charge in [-0.15, -0.1) is 0 Å². The lowest BCUT2D eigenvalue weighted by Gasteiger charge is -2.25. The molecule has 1 saturated heterocycles. The maximum atomic E-state index is 8.63. The topological polar surface area (TPSA) is 55.5 Å². The zero-order valence-electron chi connectivity index (χ0n) is 5.42. The van der Waals surface area contributed by atoms with Gasteiger partial charge in [0.25, 0.3) is 0 Å². The van der Waals surface area contributed by atoms with Gasteiger partial charge in [0.15, 0.2) is 0 Å². The fourth-order valence-corrected chi connectivity index (χ4v) is 1.04. The Bertz CT molecular complexity index is 87.1. The van der Waals surface area contributed by atoms with Crippen LogP contribution >= 0.6 is 0 Å². The van der Waals surface area contributed by atoms with Gasteiger partial charge in [0.1, 0.15) is 0 Å². The molecule has 1 fully saturated rings. The van der Waals surface area contributed by atoms with Crippen molar-refractivity contribution in [1.29, 1.82) is 0 Å². The third-order valence-corrected chi connectivity index (χ3v) is 1.61. The summed E-state index contributed by atoms with van der Waals surface area (Å²) in [4.78, 5) is 0. The smallest absolute Gasteiger partial charge is 0.0820 e. The van der Waals surface area contributed by atoms with E-state index in [2.05, 4.69) is 0 Å². The van der Waals surface area contributed by atoms with Crippen molar-refractivity contribution in [3.8, 4) is 0 Å². The first-order valence-electron chi connectivity index (χ1n) is 3.31. The summed E-state index contributed by atoms with van der Waals surface area (Å²) in [7, 11) is 0. The van der Waals surface area contributed by atoms with Crippen molar-refractivity contribution in [3.63, 3.8) is 0 Å². The van der Waals surface area contributed by atoms with E-state index in [4.69, 9.17) is 15.6 Å². The van der Waals surface area contributed by atoms with Crippen molar-refractivity contribution in [1.82, 2.24) is 0 Å². The van der Waals surface area contributed by atoms with E-state index in [1.807, 2.05) is 0 Å². The standard InChI is InChI=1S/C6H13NO2/c7-5-1-2-9-6(3-5)4-8/h5-6,8H,1-4,7H2/t5-,6+/m0/s1. The summed E-state index contributed by atoms with van der Waals surface area (Å²) in [6, 6.07) is 0.232. The van der Waals surface area contributed by atoms with E-state index in [0.717, 1.165) is 12.8 Å². The van der Waals surface area contributed by atoms with Gasteiger partial charge in [-0.3, -0.25) is 0 Å². The largest absolute Gasteiger partial charge is 0.394 e. The fraction of sp³-hybridized carbons (Fsp3) is 1.00. The van der Waals surface area contributed by atoms with Crippen molar-refractivity contribution < 1.29 is 9.84 Å². The molecule has 0 unspecified atom stereocenters. The zero-order chi connectivity index (χ0) is 6.69. The number of rotatable bonds is 1. The molecule has 9 heavy (non-hydrogen) atoms. The van der Waals surface area contributed by atoms with E-state index in [0.29, 0.717) is 6.61 Å². The van der Waals surface area contributed by atoms with E-state index in [1.54, 1.807) is 0 Å². The predicted molar refractivity (Wildman–Crippen MR) is 34.0 cm³/mol. The van der Waals surface area contributed by atoms with E-state index in [-0.39, 0.29) is 18.8 Å². The molecule has 0 bridgehead atoms. The number of hydrogen-bond donors (Lipinski definition) is 2. The van der Waals surface area contributed by atoms with Gasteiger partial charge in [0, 0.05) is 12.6 Å². The molecule has 0 saturated carbocycles. The zero-order valence-corrected chi connectivity index (χ0v) is 5.42. The maximum Gasteiger partial charge on any atom is 0.0820 e. The van der Waals surface area contributed by atoms with Crippen LogP contribution in [-0.4, -0.2) is 30.5 Å². The van der Waals surface area contributed by atoms with Crippen molar-refractivity contribution in [2.75, 3.05) is 13.2 Å². The molecule has 1 heterocycles. The lowest BCUT2D eigenvalue weighted by atomic mass is 10.1. The quantitative estimate of drug-likeness (QED) is 0.503. The third-order valence-electron chi connectivity index (χ3n) is 1.61. The minimum absolute atomic E-state index is 0.00579. The fourth-order valence-electron chi connectivity index (χ4n) is 1.04. The Kier molecular flexibility index (Phi) is 2.45. The highest BCUT2D eigenvalue weighted by molar-refractivity contribution is 4.72. The number of ether oxygens (including phenoxy) is 1. The molecule has 0 spiro atoms. The van der Waals surface area contributed by atoms with Gasteiger partial charge in [-0.05, 0) is 12.8 Å². The number of hydrogen-bond acceptors (Lipinski definition) is 3. The number of nitrogens with two attached hydrogens (primary N) is 1. The Hall–Kier alpha value is -0.120. The Labute approximate surface area is 54.8 Å². The lowest BCUT2D eigenvalue weighted by Crippen LogP contribution is -2.36. The Morgan fingerprint density at radius 3 is 2.89 bits per heavy atom. The van der Waals surface area contributed by atoms with Gasteiger partial charge >= 0.3 is 0 Å². The third kappa shape index (κ3) is 1.93. The molecular weight excluding hydrogens is 118 g/mol. The van der Waals surface area contributed by atoms with Gasteiger partial charge in [-0.1, -0.05) is 0 Å². The van der Waals surface area contributed by atoms with Crippen molar-refractivity contribution in [3.05, 3.63) is 0 Å². The van der Waals surface area contributed by atoms with Crippen LogP contribution in [0.25, 0.3) is 0 Å². The SMILES string of the molecule is N[C@H]1CCO[C@@H](CO)C1. The Morgan fingerprint density at radius 1 is 1.67 bits per heavy atom. The molecule has 0 aromatic rings. The molecule has 0 aromatic carbocycles.